The highest BCUT2D eigenvalue weighted by Crippen LogP contribution is 2.24. The van der Waals surface area contributed by atoms with Crippen LogP contribution < -0.4 is 4.90 Å². The number of ether oxygens (including phenoxy) is 1. The van der Waals surface area contributed by atoms with Crippen LogP contribution in [-0.2, 0) is 16.0 Å². The highest BCUT2D eigenvalue weighted by Gasteiger charge is 2.06. The van der Waals surface area contributed by atoms with E-state index in [9.17, 15) is 4.79 Å². The van der Waals surface area contributed by atoms with Crippen LogP contribution in [0.5, 0.6) is 0 Å². The first-order valence-corrected chi connectivity index (χ1v) is 8.62. The summed E-state index contributed by atoms with van der Waals surface area (Å²) in [5, 5.41) is 0. The van der Waals surface area contributed by atoms with E-state index in [0.717, 1.165) is 18.4 Å². The molecule has 0 aliphatic carbocycles. The van der Waals surface area contributed by atoms with E-state index in [4.69, 9.17) is 0 Å². The van der Waals surface area contributed by atoms with E-state index >= 15 is 0 Å². The van der Waals surface area contributed by atoms with Crippen molar-refractivity contribution in [2.24, 2.45) is 0 Å². The third-order valence-electron chi connectivity index (χ3n) is 4.25. The van der Waals surface area contributed by atoms with Gasteiger partial charge in [0.15, 0.2) is 0 Å². The van der Waals surface area contributed by atoms with Crippen LogP contribution in [0.4, 0.5) is 5.69 Å². The van der Waals surface area contributed by atoms with Crippen LogP contribution in [0.1, 0.15) is 37.0 Å². The number of carbonyl (C=O) groups is 1. The highest BCUT2D eigenvalue weighted by atomic mass is 16.5. The lowest BCUT2D eigenvalue weighted by molar-refractivity contribution is -0.134. The maximum Gasteiger partial charge on any atom is 0.330 e. The summed E-state index contributed by atoms with van der Waals surface area (Å²) >= 11 is 0. The molecule has 1 aromatic rings. The van der Waals surface area contributed by atoms with Gasteiger partial charge in [-0.1, -0.05) is 23.8 Å². The summed E-state index contributed by atoms with van der Waals surface area (Å²) in [5.41, 5.74) is 7.58. The van der Waals surface area contributed by atoms with Crippen LogP contribution in [0.3, 0.4) is 0 Å². The zero-order valence-electron chi connectivity index (χ0n) is 16.6. The molecule has 0 saturated carbocycles. The predicted molar refractivity (Wildman–Crippen MR) is 107 cm³/mol. The molecule has 0 N–H and O–H groups in total. The topological polar surface area (TPSA) is 29.5 Å². The summed E-state index contributed by atoms with van der Waals surface area (Å²) in [6.07, 6.45) is 9.56. The summed E-state index contributed by atoms with van der Waals surface area (Å²) in [4.78, 5) is 13.3. The second kappa shape index (κ2) is 9.87. The molecule has 0 amide bonds. The molecule has 3 nitrogen and oxygen atoms in total. The van der Waals surface area contributed by atoms with E-state index in [1.807, 2.05) is 19.1 Å². The lowest BCUT2D eigenvalue weighted by atomic mass is 9.95. The Hall–Kier alpha value is -2.29. The molecule has 0 saturated heterocycles. The Labute approximate surface area is 152 Å². The van der Waals surface area contributed by atoms with Gasteiger partial charge in [0.1, 0.15) is 0 Å². The van der Waals surface area contributed by atoms with Gasteiger partial charge in [0.05, 0.1) is 7.11 Å². The largest absolute Gasteiger partial charge is 0.466 e. The zero-order valence-corrected chi connectivity index (χ0v) is 16.6. The average molecular weight is 341 g/mol. The second-order valence-corrected chi connectivity index (χ2v) is 6.74. The first kappa shape index (κ1) is 20.8. The molecule has 0 heterocycles. The number of carbonyl (C=O) groups excluding carboxylic acids is 1. The molecule has 1 rings (SSSR count). The third-order valence-corrected chi connectivity index (χ3v) is 4.25. The van der Waals surface area contributed by atoms with Gasteiger partial charge < -0.3 is 9.64 Å². The van der Waals surface area contributed by atoms with Crippen LogP contribution >= 0.6 is 0 Å². The van der Waals surface area contributed by atoms with E-state index in [-0.39, 0.29) is 5.97 Å². The third kappa shape index (κ3) is 7.00. The smallest absolute Gasteiger partial charge is 0.330 e. The summed E-state index contributed by atoms with van der Waals surface area (Å²) in [7, 11) is 5.53. The van der Waals surface area contributed by atoms with Gasteiger partial charge in [-0.3, -0.25) is 0 Å². The minimum atomic E-state index is -0.324. The number of methoxy groups -OCH3 is 1. The number of hydrogen-bond acceptors (Lipinski definition) is 3. The molecule has 0 unspecified atom stereocenters. The molecular weight excluding hydrogens is 310 g/mol. The van der Waals surface area contributed by atoms with Crippen molar-refractivity contribution in [3.05, 3.63) is 64.3 Å². The normalized spacial score (nSPS) is 12.6. The Morgan fingerprint density at radius 3 is 2.28 bits per heavy atom. The SMILES string of the molecule is COC(=O)C=C(C)/C=C/C=C(C)CCc1c(C)cc(N(C)C)cc1C. The molecule has 0 aliphatic heterocycles. The van der Waals surface area contributed by atoms with Crippen molar-refractivity contribution >= 4 is 11.7 Å². The number of anilines is 1. The molecule has 0 aromatic heterocycles. The van der Waals surface area contributed by atoms with Crippen LogP contribution in [0.25, 0.3) is 0 Å². The number of benzene rings is 1. The number of hydrogen-bond donors (Lipinski definition) is 0. The van der Waals surface area contributed by atoms with E-state index < -0.39 is 0 Å². The minimum absolute atomic E-state index is 0.324. The number of esters is 1. The summed E-state index contributed by atoms with van der Waals surface area (Å²) in [6, 6.07) is 4.50. The number of rotatable bonds is 7. The van der Waals surface area contributed by atoms with Gasteiger partial charge in [-0.2, -0.15) is 0 Å². The number of allylic oxidation sites excluding steroid dienone is 5. The van der Waals surface area contributed by atoms with Crippen molar-refractivity contribution in [2.75, 3.05) is 26.1 Å². The van der Waals surface area contributed by atoms with Gasteiger partial charge in [-0.05, 0) is 74.9 Å². The maximum atomic E-state index is 11.2. The van der Waals surface area contributed by atoms with Crippen molar-refractivity contribution < 1.29 is 9.53 Å². The fourth-order valence-electron chi connectivity index (χ4n) is 2.69. The summed E-state index contributed by atoms with van der Waals surface area (Å²) in [5.74, 6) is -0.324. The Kier molecular flexibility index (Phi) is 8.20. The molecule has 1 aromatic carbocycles. The van der Waals surface area contributed by atoms with Gasteiger partial charge >= 0.3 is 5.97 Å². The van der Waals surface area contributed by atoms with Gasteiger partial charge in [-0.25, -0.2) is 4.79 Å². The average Bonchev–Trinajstić information content (AvgIpc) is 2.53. The molecule has 136 valence electrons. The van der Waals surface area contributed by atoms with Crippen molar-refractivity contribution in [1.82, 2.24) is 0 Å². The van der Waals surface area contributed by atoms with E-state index in [2.05, 4.69) is 62.7 Å². The van der Waals surface area contributed by atoms with Crippen LogP contribution in [0, 0.1) is 13.8 Å². The molecule has 3 heteroatoms. The Morgan fingerprint density at radius 2 is 1.76 bits per heavy atom. The van der Waals surface area contributed by atoms with Crippen molar-refractivity contribution in [1.29, 1.82) is 0 Å². The lowest BCUT2D eigenvalue weighted by Crippen LogP contribution is -2.10. The summed E-state index contributed by atoms with van der Waals surface area (Å²) < 4.78 is 4.61. The number of aryl methyl sites for hydroxylation is 2. The van der Waals surface area contributed by atoms with Crippen LogP contribution in [-0.4, -0.2) is 27.2 Å². The zero-order chi connectivity index (χ0) is 19.0. The molecule has 0 atom stereocenters. The van der Waals surface area contributed by atoms with Crippen LogP contribution in [0.2, 0.25) is 0 Å². The van der Waals surface area contributed by atoms with Crippen molar-refractivity contribution in [2.45, 2.75) is 40.5 Å². The molecular formula is C22H31NO2. The predicted octanol–water partition coefficient (Wildman–Crippen LogP) is 4.92. The van der Waals surface area contributed by atoms with Gasteiger partial charge in [0.2, 0.25) is 0 Å². The van der Waals surface area contributed by atoms with E-state index in [0.29, 0.717) is 0 Å². The number of nitrogens with zero attached hydrogens (tertiary/aromatic N) is 1. The fourth-order valence-corrected chi connectivity index (χ4v) is 2.69. The first-order chi connectivity index (χ1) is 11.7. The van der Waals surface area contributed by atoms with E-state index in [1.54, 1.807) is 0 Å². The standard InChI is InChI=1S/C22H31NO2/c1-16(9-8-10-17(2)13-22(24)25-7)11-12-21-18(3)14-20(23(5)6)15-19(21)4/h8-10,13-15H,11-12H2,1-7H3/b10-8+,16-9?,17-13?. The monoisotopic (exact) mass is 341 g/mol. The van der Waals surface area contributed by atoms with Crippen molar-refractivity contribution in [3.8, 4) is 0 Å². The van der Waals surface area contributed by atoms with Gasteiger partial charge in [0.25, 0.3) is 0 Å². The Morgan fingerprint density at radius 1 is 1.16 bits per heavy atom. The minimum Gasteiger partial charge on any atom is -0.466 e. The molecule has 0 radical (unpaired) electrons. The van der Waals surface area contributed by atoms with Crippen LogP contribution in [0.15, 0.2) is 47.6 Å². The molecule has 0 aliphatic rings. The Bertz CT molecular complexity index is 671. The molecule has 0 spiro atoms. The van der Waals surface area contributed by atoms with Crippen molar-refractivity contribution in [3.63, 3.8) is 0 Å². The molecule has 0 fully saturated rings. The fraction of sp³-hybridized carbons (Fsp3) is 0.409. The summed E-state index contributed by atoms with van der Waals surface area (Å²) in [6.45, 7) is 8.41. The highest BCUT2D eigenvalue weighted by molar-refractivity contribution is 5.83. The quantitative estimate of drug-likeness (QED) is 0.400. The van der Waals surface area contributed by atoms with Gasteiger partial charge in [-0.15, -0.1) is 0 Å². The lowest BCUT2D eigenvalue weighted by Gasteiger charge is -2.18. The van der Waals surface area contributed by atoms with E-state index in [1.165, 1.54) is 41.1 Å². The molecule has 25 heavy (non-hydrogen) atoms. The first-order valence-electron chi connectivity index (χ1n) is 8.62. The molecule has 0 bridgehead atoms. The Balaban J connectivity index is 2.72. The second-order valence-electron chi connectivity index (χ2n) is 6.74. The van der Waals surface area contributed by atoms with Gasteiger partial charge in [0, 0.05) is 25.9 Å². The maximum absolute atomic E-state index is 11.2.